The van der Waals surface area contributed by atoms with Gasteiger partial charge in [-0.1, -0.05) is 0 Å². The van der Waals surface area contributed by atoms with Gasteiger partial charge in [-0.05, 0) is 0 Å². The second kappa shape index (κ2) is 6.51. The summed E-state index contributed by atoms with van der Waals surface area (Å²) in [5.41, 5.74) is 0. The first-order valence-electron chi connectivity index (χ1n) is 4.02. The third kappa shape index (κ3) is 8.06. The maximum absolute atomic E-state index is 9.22. The molecular formula is C7H14N2O5S. The van der Waals surface area contributed by atoms with Gasteiger partial charge in [0.05, 0.1) is 20.8 Å². The van der Waals surface area contributed by atoms with E-state index in [1.165, 1.54) is 0 Å². The topological polar surface area (TPSA) is 95.5 Å². The quantitative estimate of drug-likeness (QED) is 0.388. The number of aliphatic hydroxyl groups excluding tert-OH is 1. The summed E-state index contributed by atoms with van der Waals surface area (Å²) in [7, 11) is -1.65. The van der Waals surface area contributed by atoms with Crippen molar-refractivity contribution in [2.24, 2.45) is 7.05 Å². The molecule has 0 aliphatic rings. The number of nitrogens with zero attached hydrogens (tertiary/aromatic N) is 2. The molecule has 0 saturated carbocycles. The number of hydrogen-bond donors (Lipinski definition) is 1. The molecule has 0 bridgehead atoms. The van der Waals surface area contributed by atoms with Crippen LogP contribution < -0.4 is 4.57 Å². The van der Waals surface area contributed by atoms with E-state index in [9.17, 15) is 13.0 Å². The van der Waals surface area contributed by atoms with Crippen LogP contribution in [0.1, 0.15) is 0 Å². The fraction of sp³-hybridized carbons (Fsp3) is 0.571. The first-order chi connectivity index (χ1) is 6.89. The molecule has 1 heterocycles. The van der Waals surface area contributed by atoms with Crippen LogP contribution in [0.3, 0.4) is 0 Å². The Balaban J connectivity index is 0.000000288. The van der Waals surface area contributed by atoms with Gasteiger partial charge in [-0.3, -0.25) is 4.18 Å². The molecule has 0 spiro atoms. The number of aryl methyl sites for hydroxylation is 1. The summed E-state index contributed by atoms with van der Waals surface area (Å²) in [4.78, 5) is 0. The van der Waals surface area contributed by atoms with E-state index in [1.807, 2.05) is 34.9 Å². The van der Waals surface area contributed by atoms with Crippen LogP contribution in [0.5, 0.6) is 0 Å². The van der Waals surface area contributed by atoms with Gasteiger partial charge in [-0.15, -0.1) is 0 Å². The third-order valence-electron chi connectivity index (χ3n) is 1.39. The fourth-order valence-electron chi connectivity index (χ4n) is 0.749. The molecule has 0 amide bonds. The predicted octanol–water partition coefficient (Wildman–Crippen LogP) is -1.60. The molecule has 7 nitrogen and oxygen atoms in total. The minimum atomic E-state index is -4.41. The lowest BCUT2D eigenvalue weighted by molar-refractivity contribution is -0.671. The first kappa shape index (κ1) is 14.0. The molecule has 0 saturated heterocycles. The smallest absolute Gasteiger partial charge is 0.243 e. The van der Waals surface area contributed by atoms with Crippen molar-refractivity contribution in [1.82, 2.24) is 4.57 Å². The summed E-state index contributed by atoms with van der Waals surface area (Å²) in [5, 5.41) is 8.50. The molecule has 1 aromatic rings. The van der Waals surface area contributed by atoms with E-state index < -0.39 is 10.4 Å². The SMILES string of the molecule is COS(=O)(=O)[O-].C[n+]1ccn(CCO)c1. The molecule has 0 fully saturated rings. The molecule has 1 N–H and O–H groups in total. The van der Waals surface area contributed by atoms with Crippen LogP contribution in [0.15, 0.2) is 18.7 Å². The Morgan fingerprint density at radius 1 is 1.60 bits per heavy atom. The molecule has 0 radical (unpaired) electrons. The van der Waals surface area contributed by atoms with Gasteiger partial charge in [0.1, 0.15) is 18.9 Å². The van der Waals surface area contributed by atoms with Gasteiger partial charge < -0.3 is 9.66 Å². The van der Waals surface area contributed by atoms with E-state index >= 15 is 0 Å². The van der Waals surface area contributed by atoms with E-state index in [0.29, 0.717) is 6.54 Å². The predicted molar refractivity (Wildman–Crippen MR) is 49.4 cm³/mol. The molecule has 8 heteroatoms. The van der Waals surface area contributed by atoms with Gasteiger partial charge in [-0.25, -0.2) is 17.6 Å². The van der Waals surface area contributed by atoms with E-state index in [4.69, 9.17) is 5.11 Å². The Hall–Kier alpha value is -0.960. The fourth-order valence-corrected chi connectivity index (χ4v) is 0.749. The molecule has 0 atom stereocenters. The van der Waals surface area contributed by atoms with Crippen molar-refractivity contribution in [3.8, 4) is 0 Å². The number of hydrogen-bond acceptors (Lipinski definition) is 5. The van der Waals surface area contributed by atoms with Crippen molar-refractivity contribution >= 4 is 10.4 Å². The van der Waals surface area contributed by atoms with Crippen molar-refractivity contribution in [3.63, 3.8) is 0 Å². The summed E-state index contributed by atoms with van der Waals surface area (Å²) in [6.45, 7) is 0.884. The third-order valence-corrected chi connectivity index (χ3v) is 1.79. The van der Waals surface area contributed by atoms with Crippen LogP contribution in [0, 0.1) is 0 Å². The maximum Gasteiger partial charge on any atom is 0.243 e. The van der Waals surface area contributed by atoms with Crippen molar-refractivity contribution < 1.29 is 26.8 Å². The Morgan fingerprint density at radius 3 is 2.40 bits per heavy atom. The minimum Gasteiger partial charge on any atom is -0.726 e. The van der Waals surface area contributed by atoms with Gasteiger partial charge in [0.25, 0.3) is 0 Å². The van der Waals surface area contributed by atoms with Gasteiger partial charge in [0, 0.05) is 0 Å². The van der Waals surface area contributed by atoms with Crippen LogP contribution in [0.2, 0.25) is 0 Å². The molecular weight excluding hydrogens is 224 g/mol. The molecule has 0 aromatic carbocycles. The van der Waals surface area contributed by atoms with Gasteiger partial charge in [-0.2, -0.15) is 0 Å². The van der Waals surface area contributed by atoms with Crippen LogP contribution >= 0.6 is 0 Å². The lowest BCUT2D eigenvalue weighted by atomic mass is 10.7. The highest BCUT2D eigenvalue weighted by Crippen LogP contribution is 1.80. The van der Waals surface area contributed by atoms with E-state index in [0.717, 1.165) is 7.11 Å². The number of aromatic nitrogens is 2. The summed E-state index contributed by atoms with van der Waals surface area (Å²) in [5.74, 6) is 0. The monoisotopic (exact) mass is 238 g/mol. The van der Waals surface area contributed by atoms with Crippen LogP contribution in [-0.2, 0) is 28.2 Å². The highest BCUT2D eigenvalue weighted by molar-refractivity contribution is 7.80. The summed E-state index contributed by atoms with van der Waals surface area (Å²) < 4.78 is 34.9. The molecule has 1 rings (SSSR count). The summed E-state index contributed by atoms with van der Waals surface area (Å²) >= 11 is 0. The van der Waals surface area contributed by atoms with Gasteiger partial charge >= 0.3 is 0 Å². The molecule has 0 aliphatic heterocycles. The lowest BCUT2D eigenvalue weighted by Gasteiger charge is -1.98. The standard InChI is InChI=1S/C6H11N2O.CH4O4S/c1-7-2-3-8(6-7)4-5-9;1-5-6(2,3)4/h2-3,6,9H,4-5H2,1H3;1H3,(H,2,3,4)/q+1;/p-1. The number of rotatable bonds is 3. The average Bonchev–Trinajstić information content (AvgIpc) is 2.52. The van der Waals surface area contributed by atoms with Crippen LogP contribution in [0.25, 0.3) is 0 Å². The van der Waals surface area contributed by atoms with E-state index in [-0.39, 0.29) is 6.61 Å². The lowest BCUT2D eigenvalue weighted by Crippen LogP contribution is -2.23. The highest BCUT2D eigenvalue weighted by atomic mass is 32.3. The molecule has 0 unspecified atom stereocenters. The van der Waals surface area contributed by atoms with Crippen LogP contribution in [-0.4, -0.2) is 36.4 Å². The minimum absolute atomic E-state index is 0.203. The largest absolute Gasteiger partial charge is 0.726 e. The Kier molecular flexibility index (Phi) is 6.09. The first-order valence-corrected chi connectivity index (χ1v) is 5.35. The van der Waals surface area contributed by atoms with Crippen molar-refractivity contribution in [3.05, 3.63) is 18.7 Å². The molecule has 0 aliphatic carbocycles. The second-order valence-corrected chi connectivity index (χ2v) is 3.77. The molecule has 15 heavy (non-hydrogen) atoms. The Morgan fingerprint density at radius 2 is 2.13 bits per heavy atom. The molecule has 1 aromatic heterocycles. The second-order valence-electron chi connectivity index (χ2n) is 2.62. The van der Waals surface area contributed by atoms with Gasteiger partial charge in [0.15, 0.2) is 0 Å². The summed E-state index contributed by atoms with van der Waals surface area (Å²) in [6.07, 6.45) is 5.79. The summed E-state index contributed by atoms with van der Waals surface area (Å²) in [6, 6.07) is 0. The zero-order chi connectivity index (χ0) is 11.9. The van der Waals surface area contributed by atoms with Crippen molar-refractivity contribution in [1.29, 1.82) is 0 Å². The maximum atomic E-state index is 9.22. The van der Waals surface area contributed by atoms with Crippen molar-refractivity contribution in [2.45, 2.75) is 6.54 Å². The van der Waals surface area contributed by atoms with E-state index in [2.05, 4.69) is 4.18 Å². The average molecular weight is 238 g/mol. The number of imidazole rings is 1. The van der Waals surface area contributed by atoms with Crippen molar-refractivity contribution in [2.75, 3.05) is 13.7 Å². The Bertz CT molecular complexity index is 372. The van der Waals surface area contributed by atoms with Crippen LogP contribution in [0.4, 0.5) is 0 Å². The van der Waals surface area contributed by atoms with Gasteiger partial charge in [0.2, 0.25) is 16.7 Å². The Labute approximate surface area is 88.5 Å². The molecule has 88 valence electrons. The van der Waals surface area contributed by atoms with E-state index in [1.54, 1.807) is 0 Å². The normalized spacial score (nSPS) is 10.7. The zero-order valence-electron chi connectivity index (χ0n) is 8.53. The number of aliphatic hydroxyl groups is 1. The highest BCUT2D eigenvalue weighted by Gasteiger charge is 1.95. The zero-order valence-corrected chi connectivity index (χ0v) is 9.35.